The van der Waals surface area contributed by atoms with Gasteiger partial charge in [0.05, 0.1) is 0 Å². The van der Waals surface area contributed by atoms with Crippen LogP contribution in [0.15, 0.2) is 42.5 Å². The number of carbonyl (C=O) groups is 2. The van der Waals surface area contributed by atoms with Crippen molar-refractivity contribution >= 4 is 12.2 Å². The molecule has 6 heteroatoms. The van der Waals surface area contributed by atoms with E-state index < -0.39 is 18.3 Å². The van der Waals surface area contributed by atoms with Gasteiger partial charge in [-0.3, -0.25) is 0 Å². The van der Waals surface area contributed by atoms with Crippen molar-refractivity contribution in [1.29, 1.82) is 0 Å². The molecule has 6 nitrogen and oxygen atoms in total. The van der Waals surface area contributed by atoms with Crippen LogP contribution in [0.2, 0.25) is 0 Å². The third-order valence-corrected chi connectivity index (χ3v) is 3.27. The molecule has 20 heavy (non-hydrogen) atoms. The molecule has 1 aliphatic heterocycles. The van der Waals surface area contributed by atoms with Gasteiger partial charge in [0.15, 0.2) is 0 Å². The lowest BCUT2D eigenvalue weighted by atomic mass is 10.2. The van der Waals surface area contributed by atoms with E-state index >= 15 is 0 Å². The number of ether oxygens (including phenoxy) is 2. The van der Waals surface area contributed by atoms with Crippen molar-refractivity contribution in [2.75, 3.05) is 0 Å². The molecule has 1 saturated heterocycles. The fourth-order valence-corrected chi connectivity index (χ4v) is 2.29. The van der Waals surface area contributed by atoms with Crippen molar-refractivity contribution in [3.05, 3.63) is 48.0 Å². The van der Waals surface area contributed by atoms with Crippen LogP contribution in [0.4, 0.5) is 9.59 Å². The molecular formula is C14H14N2O4. The van der Waals surface area contributed by atoms with Gasteiger partial charge in [-0.2, -0.15) is 0 Å². The Balaban J connectivity index is 1.63. The normalized spacial score (nSPS) is 23.8. The first-order chi connectivity index (χ1) is 9.74. The largest absolute Gasteiger partial charge is 0.443 e. The predicted molar refractivity (Wildman–Crippen MR) is 69.4 cm³/mol. The lowest BCUT2D eigenvalue weighted by Crippen LogP contribution is -2.60. The molecule has 1 N–H and O–H groups in total. The lowest BCUT2D eigenvalue weighted by Gasteiger charge is -2.35. The van der Waals surface area contributed by atoms with Gasteiger partial charge < -0.3 is 9.47 Å². The zero-order chi connectivity index (χ0) is 13.9. The topological polar surface area (TPSA) is 67.9 Å². The van der Waals surface area contributed by atoms with Gasteiger partial charge in [0.2, 0.25) is 0 Å². The third-order valence-electron chi connectivity index (χ3n) is 3.27. The Hall–Kier alpha value is -2.50. The number of nitrogens with zero attached hydrogens (tertiary/aromatic N) is 1. The quantitative estimate of drug-likeness (QED) is 0.837. The number of carbonyl (C=O) groups excluding carboxylic acids is 2. The Labute approximate surface area is 115 Å². The van der Waals surface area contributed by atoms with E-state index in [2.05, 4.69) is 5.43 Å². The molecular weight excluding hydrogens is 260 g/mol. The van der Waals surface area contributed by atoms with Crippen molar-refractivity contribution in [2.45, 2.75) is 25.2 Å². The minimum atomic E-state index is -0.644. The first kappa shape index (κ1) is 12.5. The van der Waals surface area contributed by atoms with E-state index in [1.165, 1.54) is 5.01 Å². The van der Waals surface area contributed by atoms with Crippen LogP contribution in [0, 0.1) is 0 Å². The Morgan fingerprint density at radius 2 is 2.20 bits per heavy atom. The maximum Gasteiger partial charge on any atom is 0.429 e. The average Bonchev–Trinajstić information content (AvgIpc) is 2.93. The highest BCUT2D eigenvalue weighted by atomic mass is 16.6. The summed E-state index contributed by atoms with van der Waals surface area (Å²) in [5, 5.41) is 1.21. The Kier molecular flexibility index (Phi) is 3.28. The monoisotopic (exact) mass is 274 g/mol. The molecule has 0 radical (unpaired) electrons. The second kappa shape index (κ2) is 5.24. The summed E-state index contributed by atoms with van der Waals surface area (Å²) in [6.45, 7) is 0.164. The van der Waals surface area contributed by atoms with Crippen LogP contribution in [0.25, 0.3) is 0 Å². The lowest BCUT2D eigenvalue weighted by molar-refractivity contribution is -0.0183. The molecule has 0 unspecified atom stereocenters. The summed E-state index contributed by atoms with van der Waals surface area (Å²) in [4.78, 5) is 23.4. The van der Waals surface area contributed by atoms with Crippen LogP contribution in [0.5, 0.6) is 0 Å². The SMILES string of the molecule is O=C1NN(C(=O)OCc2ccccc2)[C@@H]2CC=C[C@@H]2O1. The predicted octanol–water partition coefficient (Wildman–Crippen LogP) is 1.98. The van der Waals surface area contributed by atoms with E-state index in [0.717, 1.165) is 5.56 Å². The number of benzene rings is 1. The first-order valence-corrected chi connectivity index (χ1v) is 6.38. The Bertz CT molecular complexity index is 543. The van der Waals surface area contributed by atoms with Crippen LogP contribution in [-0.4, -0.2) is 29.3 Å². The van der Waals surface area contributed by atoms with Crippen molar-refractivity contribution < 1.29 is 19.1 Å². The zero-order valence-corrected chi connectivity index (χ0v) is 10.7. The summed E-state index contributed by atoms with van der Waals surface area (Å²) >= 11 is 0. The smallest absolute Gasteiger partial charge is 0.429 e. The van der Waals surface area contributed by atoms with Crippen molar-refractivity contribution in [3.63, 3.8) is 0 Å². The van der Waals surface area contributed by atoms with Crippen molar-refractivity contribution in [3.8, 4) is 0 Å². The van der Waals surface area contributed by atoms with Gasteiger partial charge in [0.25, 0.3) is 0 Å². The molecule has 2 atom stereocenters. The molecule has 0 saturated carbocycles. The molecule has 1 fully saturated rings. The second-order valence-corrected chi connectivity index (χ2v) is 4.62. The number of fused-ring (bicyclic) bond motifs is 1. The number of rotatable bonds is 2. The maximum absolute atomic E-state index is 12.1. The zero-order valence-electron chi connectivity index (χ0n) is 10.7. The van der Waals surface area contributed by atoms with Gasteiger partial charge >= 0.3 is 12.2 Å². The minimum Gasteiger partial charge on any atom is -0.443 e. The molecule has 0 spiro atoms. The number of amides is 2. The molecule has 0 aromatic heterocycles. The average molecular weight is 274 g/mol. The van der Waals surface area contributed by atoms with Crippen LogP contribution >= 0.6 is 0 Å². The second-order valence-electron chi connectivity index (χ2n) is 4.62. The summed E-state index contributed by atoms with van der Waals surface area (Å²) < 4.78 is 10.3. The van der Waals surface area contributed by atoms with Gasteiger partial charge in [-0.05, 0) is 18.1 Å². The van der Waals surface area contributed by atoms with E-state index in [1.54, 1.807) is 6.08 Å². The number of nitrogens with one attached hydrogen (secondary N) is 1. The van der Waals surface area contributed by atoms with Gasteiger partial charge in [-0.25, -0.2) is 20.0 Å². The maximum atomic E-state index is 12.1. The highest BCUT2D eigenvalue weighted by Gasteiger charge is 2.40. The van der Waals surface area contributed by atoms with Crippen LogP contribution in [0.1, 0.15) is 12.0 Å². The van der Waals surface area contributed by atoms with Gasteiger partial charge in [-0.15, -0.1) is 0 Å². The van der Waals surface area contributed by atoms with Crippen LogP contribution in [0.3, 0.4) is 0 Å². The van der Waals surface area contributed by atoms with Gasteiger partial charge in [0, 0.05) is 0 Å². The molecule has 3 rings (SSSR count). The fourth-order valence-electron chi connectivity index (χ4n) is 2.29. The Morgan fingerprint density at radius 3 is 3.00 bits per heavy atom. The van der Waals surface area contributed by atoms with E-state index in [-0.39, 0.29) is 12.6 Å². The molecule has 0 bridgehead atoms. The van der Waals surface area contributed by atoms with E-state index in [1.807, 2.05) is 36.4 Å². The minimum absolute atomic E-state index is 0.164. The molecule has 1 aliphatic carbocycles. The Morgan fingerprint density at radius 1 is 1.40 bits per heavy atom. The summed E-state index contributed by atoms with van der Waals surface area (Å²) in [6.07, 6.45) is 2.67. The summed E-state index contributed by atoms with van der Waals surface area (Å²) in [7, 11) is 0. The number of hydrogen-bond donors (Lipinski definition) is 1. The third kappa shape index (κ3) is 2.45. The van der Waals surface area contributed by atoms with Crippen molar-refractivity contribution in [2.24, 2.45) is 0 Å². The standard InChI is InChI=1S/C14H14N2O4/c17-13-15-16(11-7-4-8-12(11)20-13)14(18)19-9-10-5-2-1-3-6-10/h1-6,8,11-12H,7,9H2,(H,15,17)/t11-,12+/m1/s1. The van der Waals surface area contributed by atoms with Crippen LogP contribution < -0.4 is 5.43 Å². The molecule has 104 valence electrons. The van der Waals surface area contributed by atoms with Gasteiger partial charge in [-0.1, -0.05) is 36.4 Å². The van der Waals surface area contributed by atoms with E-state index in [4.69, 9.17) is 9.47 Å². The number of hydrazine groups is 1. The molecule has 1 heterocycles. The van der Waals surface area contributed by atoms with Crippen LogP contribution in [-0.2, 0) is 16.1 Å². The fraction of sp³-hybridized carbons (Fsp3) is 0.286. The molecule has 2 aliphatic rings. The molecule has 2 amide bonds. The highest BCUT2D eigenvalue weighted by Crippen LogP contribution is 2.23. The molecule has 1 aromatic rings. The van der Waals surface area contributed by atoms with E-state index in [0.29, 0.717) is 6.42 Å². The summed E-state index contributed by atoms with van der Waals surface area (Å²) in [6, 6.07) is 9.13. The number of hydrogen-bond acceptors (Lipinski definition) is 4. The summed E-state index contributed by atoms with van der Waals surface area (Å²) in [5.74, 6) is 0. The van der Waals surface area contributed by atoms with E-state index in [9.17, 15) is 9.59 Å². The summed E-state index contributed by atoms with van der Waals surface area (Å²) in [5.41, 5.74) is 3.27. The highest BCUT2D eigenvalue weighted by molar-refractivity contribution is 5.76. The molecule has 1 aromatic carbocycles. The van der Waals surface area contributed by atoms with Gasteiger partial charge in [0.1, 0.15) is 18.8 Å². The van der Waals surface area contributed by atoms with Crippen molar-refractivity contribution in [1.82, 2.24) is 10.4 Å². The first-order valence-electron chi connectivity index (χ1n) is 6.38.